The lowest BCUT2D eigenvalue weighted by molar-refractivity contribution is 0.0920. The van der Waals surface area contributed by atoms with Gasteiger partial charge in [-0.3, -0.25) is 4.79 Å². The van der Waals surface area contributed by atoms with Crippen LogP contribution >= 0.6 is 0 Å². The standard InChI is InChI=1S/C15H25FN4O/c1-10(2)8-11(9-20(4)5)19-15(21)12-6-7-18-14(17-3)13(12)16/h6-7,10-11H,8-9H2,1-5H3,(H,17,18)(H,19,21). The molecule has 21 heavy (non-hydrogen) atoms. The highest BCUT2D eigenvalue weighted by Gasteiger charge is 2.20. The highest BCUT2D eigenvalue weighted by molar-refractivity contribution is 5.95. The molecule has 0 bridgehead atoms. The van der Waals surface area contributed by atoms with Crippen LogP contribution in [0.5, 0.6) is 0 Å². The average Bonchev–Trinajstić information content (AvgIpc) is 2.37. The fourth-order valence-electron chi connectivity index (χ4n) is 2.25. The molecule has 2 N–H and O–H groups in total. The Bertz CT molecular complexity index is 467. The number of pyridine rings is 1. The number of carbonyl (C=O) groups excluding carboxylic acids is 1. The summed E-state index contributed by atoms with van der Waals surface area (Å²) in [4.78, 5) is 18.1. The lowest BCUT2D eigenvalue weighted by atomic mass is 10.0. The molecule has 5 nitrogen and oxygen atoms in total. The number of amides is 1. The van der Waals surface area contributed by atoms with E-state index >= 15 is 0 Å². The van der Waals surface area contributed by atoms with Crippen LogP contribution in [0.2, 0.25) is 0 Å². The van der Waals surface area contributed by atoms with Gasteiger partial charge in [-0.25, -0.2) is 9.37 Å². The Labute approximate surface area is 125 Å². The van der Waals surface area contributed by atoms with E-state index in [1.807, 2.05) is 19.0 Å². The van der Waals surface area contributed by atoms with Crippen LogP contribution in [0.3, 0.4) is 0 Å². The Morgan fingerprint density at radius 2 is 2.10 bits per heavy atom. The Balaban J connectivity index is 2.86. The van der Waals surface area contributed by atoms with Gasteiger partial charge in [-0.15, -0.1) is 0 Å². The Morgan fingerprint density at radius 3 is 2.62 bits per heavy atom. The monoisotopic (exact) mass is 296 g/mol. The van der Waals surface area contributed by atoms with Crippen molar-refractivity contribution in [2.75, 3.05) is 33.0 Å². The molecule has 0 aliphatic carbocycles. The number of hydrogen-bond acceptors (Lipinski definition) is 4. The van der Waals surface area contributed by atoms with Crippen LogP contribution < -0.4 is 10.6 Å². The van der Waals surface area contributed by atoms with Crippen LogP contribution in [-0.2, 0) is 0 Å². The maximum Gasteiger partial charge on any atom is 0.254 e. The SMILES string of the molecule is CNc1nccc(C(=O)NC(CC(C)C)CN(C)C)c1F. The zero-order valence-electron chi connectivity index (χ0n) is 13.4. The zero-order chi connectivity index (χ0) is 16.0. The van der Waals surface area contributed by atoms with Gasteiger partial charge < -0.3 is 15.5 Å². The Hall–Kier alpha value is -1.69. The summed E-state index contributed by atoms with van der Waals surface area (Å²) in [5.74, 6) is -0.495. The first-order chi connectivity index (χ1) is 9.85. The summed E-state index contributed by atoms with van der Waals surface area (Å²) in [6.07, 6.45) is 2.27. The molecule has 0 aromatic carbocycles. The van der Waals surface area contributed by atoms with E-state index in [0.717, 1.165) is 13.0 Å². The van der Waals surface area contributed by atoms with Crippen molar-refractivity contribution in [2.45, 2.75) is 26.3 Å². The van der Waals surface area contributed by atoms with Crippen LogP contribution in [0.4, 0.5) is 10.2 Å². The minimum atomic E-state index is -0.620. The van der Waals surface area contributed by atoms with E-state index in [4.69, 9.17) is 0 Å². The topological polar surface area (TPSA) is 57.3 Å². The van der Waals surface area contributed by atoms with E-state index < -0.39 is 11.7 Å². The molecule has 0 saturated carbocycles. The van der Waals surface area contributed by atoms with Crippen LogP contribution in [0.25, 0.3) is 0 Å². The average molecular weight is 296 g/mol. The van der Waals surface area contributed by atoms with Gasteiger partial charge in [0.15, 0.2) is 11.6 Å². The maximum absolute atomic E-state index is 14.1. The minimum Gasteiger partial charge on any atom is -0.371 e. The van der Waals surface area contributed by atoms with Crippen LogP contribution in [0.1, 0.15) is 30.6 Å². The maximum atomic E-state index is 14.1. The summed E-state index contributed by atoms with van der Waals surface area (Å²) in [5, 5.41) is 5.55. The molecule has 118 valence electrons. The molecule has 1 amide bonds. The van der Waals surface area contributed by atoms with Gasteiger partial charge in [-0.1, -0.05) is 13.8 Å². The smallest absolute Gasteiger partial charge is 0.254 e. The number of aromatic nitrogens is 1. The predicted octanol–water partition coefficient (Wildman–Crippen LogP) is 1.97. The van der Waals surface area contributed by atoms with Crippen molar-refractivity contribution < 1.29 is 9.18 Å². The number of carbonyl (C=O) groups is 1. The van der Waals surface area contributed by atoms with Crippen molar-refractivity contribution in [3.8, 4) is 0 Å². The quantitative estimate of drug-likeness (QED) is 0.808. The number of nitrogens with one attached hydrogen (secondary N) is 2. The molecule has 0 aliphatic rings. The molecule has 6 heteroatoms. The highest BCUT2D eigenvalue weighted by Crippen LogP contribution is 2.15. The number of anilines is 1. The third-order valence-electron chi connectivity index (χ3n) is 3.05. The molecular formula is C15H25FN4O. The van der Waals surface area contributed by atoms with E-state index in [2.05, 4.69) is 29.5 Å². The summed E-state index contributed by atoms with van der Waals surface area (Å²) in [5.41, 5.74) is 0.0156. The lowest BCUT2D eigenvalue weighted by Crippen LogP contribution is -2.42. The summed E-state index contributed by atoms with van der Waals surface area (Å²) < 4.78 is 14.1. The molecule has 1 heterocycles. The van der Waals surface area contributed by atoms with Gasteiger partial charge in [0.05, 0.1) is 5.56 Å². The first-order valence-corrected chi connectivity index (χ1v) is 7.13. The van der Waals surface area contributed by atoms with Crippen molar-refractivity contribution in [3.63, 3.8) is 0 Å². The summed E-state index contributed by atoms with van der Waals surface area (Å²) in [6, 6.07) is 1.38. The second-order valence-electron chi connectivity index (χ2n) is 5.83. The van der Waals surface area contributed by atoms with Crippen molar-refractivity contribution in [3.05, 3.63) is 23.6 Å². The van der Waals surface area contributed by atoms with Gasteiger partial charge in [0, 0.05) is 25.8 Å². The Morgan fingerprint density at radius 1 is 1.43 bits per heavy atom. The second-order valence-corrected chi connectivity index (χ2v) is 5.83. The van der Waals surface area contributed by atoms with E-state index in [9.17, 15) is 9.18 Å². The molecule has 0 aliphatic heterocycles. The number of hydrogen-bond donors (Lipinski definition) is 2. The molecule has 1 rings (SSSR count). The number of rotatable bonds is 7. The third kappa shape index (κ3) is 5.30. The van der Waals surface area contributed by atoms with Crippen molar-refractivity contribution >= 4 is 11.7 Å². The van der Waals surface area contributed by atoms with Crippen LogP contribution in [-0.4, -0.2) is 49.5 Å². The largest absolute Gasteiger partial charge is 0.371 e. The molecular weight excluding hydrogens is 271 g/mol. The summed E-state index contributed by atoms with van der Waals surface area (Å²) in [7, 11) is 5.47. The third-order valence-corrected chi connectivity index (χ3v) is 3.05. The summed E-state index contributed by atoms with van der Waals surface area (Å²) >= 11 is 0. The van der Waals surface area contributed by atoms with E-state index in [-0.39, 0.29) is 17.4 Å². The molecule has 0 radical (unpaired) electrons. The summed E-state index contributed by atoms with van der Waals surface area (Å²) in [6.45, 7) is 4.91. The van der Waals surface area contributed by atoms with Crippen molar-refractivity contribution in [2.24, 2.45) is 5.92 Å². The van der Waals surface area contributed by atoms with Crippen LogP contribution in [0.15, 0.2) is 12.3 Å². The molecule has 0 saturated heterocycles. The highest BCUT2D eigenvalue weighted by atomic mass is 19.1. The lowest BCUT2D eigenvalue weighted by Gasteiger charge is -2.24. The molecule has 1 unspecified atom stereocenters. The van der Waals surface area contributed by atoms with Gasteiger partial charge in [-0.05, 0) is 32.5 Å². The molecule has 1 aromatic rings. The zero-order valence-corrected chi connectivity index (χ0v) is 13.4. The molecule has 1 atom stereocenters. The molecule has 0 spiro atoms. The number of likely N-dealkylation sites (N-methyl/N-ethyl adjacent to an activating group) is 1. The van der Waals surface area contributed by atoms with E-state index in [1.165, 1.54) is 12.3 Å². The number of halogens is 1. The fraction of sp³-hybridized carbons (Fsp3) is 0.600. The predicted molar refractivity (Wildman–Crippen MR) is 83.0 cm³/mol. The van der Waals surface area contributed by atoms with E-state index in [1.54, 1.807) is 7.05 Å². The van der Waals surface area contributed by atoms with Crippen LogP contribution in [0, 0.1) is 11.7 Å². The molecule has 1 aromatic heterocycles. The van der Waals surface area contributed by atoms with Gasteiger partial charge >= 0.3 is 0 Å². The fourth-order valence-corrected chi connectivity index (χ4v) is 2.25. The second kappa shape index (κ2) is 7.93. The normalized spacial score (nSPS) is 12.6. The first kappa shape index (κ1) is 17.4. The van der Waals surface area contributed by atoms with E-state index in [0.29, 0.717) is 5.92 Å². The van der Waals surface area contributed by atoms with Gasteiger partial charge in [0.2, 0.25) is 0 Å². The van der Waals surface area contributed by atoms with Gasteiger partial charge in [0.25, 0.3) is 5.91 Å². The number of nitrogens with zero attached hydrogens (tertiary/aromatic N) is 2. The van der Waals surface area contributed by atoms with Gasteiger partial charge in [-0.2, -0.15) is 0 Å². The van der Waals surface area contributed by atoms with Crippen molar-refractivity contribution in [1.29, 1.82) is 0 Å². The Kier molecular flexibility index (Phi) is 6.55. The first-order valence-electron chi connectivity index (χ1n) is 7.13. The molecule has 0 fully saturated rings. The van der Waals surface area contributed by atoms with Crippen molar-refractivity contribution in [1.82, 2.24) is 15.2 Å². The minimum absolute atomic E-state index is 0.0156. The van der Waals surface area contributed by atoms with Gasteiger partial charge in [0.1, 0.15) is 0 Å².